The third kappa shape index (κ3) is 4.12. The molecule has 0 bridgehead atoms. The standard InChI is InChI=1S/C19H23ClN2O/c1-4-22(5-2)18(15-10-7-6-8-11-15)19(23)21-17-13-9-12-16(20)14(17)3/h6-13,18H,4-5H2,1-3H3,(H,21,23). The number of hydrogen-bond acceptors (Lipinski definition) is 2. The van der Waals surface area contributed by atoms with Gasteiger partial charge in [-0.2, -0.15) is 0 Å². The van der Waals surface area contributed by atoms with E-state index in [0.717, 1.165) is 29.9 Å². The largest absolute Gasteiger partial charge is 0.324 e. The highest BCUT2D eigenvalue weighted by molar-refractivity contribution is 6.31. The summed E-state index contributed by atoms with van der Waals surface area (Å²) in [6.07, 6.45) is 0. The Bertz CT molecular complexity index is 654. The van der Waals surface area contributed by atoms with Gasteiger partial charge >= 0.3 is 0 Å². The summed E-state index contributed by atoms with van der Waals surface area (Å²) in [7, 11) is 0. The summed E-state index contributed by atoms with van der Waals surface area (Å²) in [5.74, 6) is -0.0368. The molecule has 122 valence electrons. The normalized spacial score (nSPS) is 12.2. The Labute approximate surface area is 143 Å². The molecule has 0 saturated carbocycles. The monoisotopic (exact) mass is 330 g/mol. The van der Waals surface area contributed by atoms with Gasteiger partial charge in [0.15, 0.2) is 0 Å². The smallest absolute Gasteiger partial charge is 0.246 e. The van der Waals surface area contributed by atoms with Crippen molar-refractivity contribution in [1.82, 2.24) is 4.90 Å². The van der Waals surface area contributed by atoms with Gasteiger partial charge in [-0.25, -0.2) is 0 Å². The van der Waals surface area contributed by atoms with Crippen LogP contribution in [0.2, 0.25) is 5.02 Å². The van der Waals surface area contributed by atoms with Crippen molar-refractivity contribution in [3.8, 4) is 0 Å². The summed E-state index contributed by atoms with van der Waals surface area (Å²) in [6, 6.07) is 15.1. The van der Waals surface area contributed by atoms with Crippen molar-refractivity contribution in [2.45, 2.75) is 26.8 Å². The van der Waals surface area contributed by atoms with Crippen LogP contribution < -0.4 is 5.32 Å². The number of hydrogen-bond donors (Lipinski definition) is 1. The molecule has 2 aromatic rings. The maximum absolute atomic E-state index is 12.9. The Kier molecular flexibility index (Phi) is 6.20. The predicted octanol–water partition coefficient (Wildman–Crippen LogP) is 4.67. The van der Waals surface area contributed by atoms with Crippen LogP contribution in [-0.2, 0) is 4.79 Å². The van der Waals surface area contributed by atoms with Crippen LogP contribution in [0.3, 0.4) is 0 Å². The van der Waals surface area contributed by atoms with Crippen LogP contribution in [0.4, 0.5) is 5.69 Å². The zero-order valence-corrected chi connectivity index (χ0v) is 14.6. The molecule has 4 heteroatoms. The Hall–Kier alpha value is -1.84. The van der Waals surface area contributed by atoms with Crippen molar-refractivity contribution in [2.75, 3.05) is 18.4 Å². The van der Waals surface area contributed by atoms with Crippen LogP contribution in [0.1, 0.15) is 31.0 Å². The fraction of sp³-hybridized carbons (Fsp3) is 0.316. The highest BCUT2D eigenvalue weighted by atomic mass is 35.5. The second-order valence-electron chi connectivity index (χ2n) is 5.44. The summed E-state index contributed by atoms with van der Waals surface area (Å²) < 4.78 is 0. The minimum absolute atomic E-state index is 0.0368. The lowest BCUT2D eigenvalue weighted by Gasteiger charge is -2.29. The molecule has 0 fully saturated rings. The molecular formula is C19H23ClN2O. The number of carbonyl (C=O) groups excluding carboxylic acids is 1. The molecule has 2 rings (SSSR count). The quantitative estimate of drug-likeness (QED) is 0.834. The topological polar surface area (TPSA) is 32.3 Å². The van der Waals surface area contributed by atoms with Gasteiger partial charge in [0.05, 0.1) is 0 Å². The first-order valence-electron chi connectivity index (χ1n) is 7.93. The van der Waals surface area contributed by atoms with Crippen LogP contribution in [0.25, 0.3) is 0 Å². The van der Waals surface area contributed by atoms with E-state index in [1.807, 2.05) is 55.5 Å². The molecule has 0 aliphatic carbocycles. The average Bonchev–Trinajstić information content (AvgIpc) is 2.57. The number of halogens is 1. The van der Waals surface area contributed by atoms with E-state index in [0.29, 0.717) is 5.02 Å². The molecule has 3 nitrogen and oxygen atoms in total. The Morgan fingerprint density at radius 3 is 2.35 bits per heavy atom. The van der Waals surface area contributed by atoms with E-state index >= 15 is 0 Å². The summed E-state index contributed by atoms with van der Waals surface area (Å²) in [4.78, 5) is 15.1. The molecule has 1 N–H and O–H groups in total. The van der Waals surface area contributed by atoms with Crippen molar-refractivity contribution in [3.63, 3.8) is 0 Å². The summed E-state index contributed by atoms with van der Waals surface area (Å²) in [5, 5.41) is 3.69. The molecule has 1 atom stereocenters. The number of nitrogens with one attached hydrogen (secondary N) is 1. The highest BCUT2D eigenvalue weighted by Crippen LogP contribution is 2.26. The Morgan fingerprint density at radius 2 is 1.74 bits per heavy atom. The van der Waals surface area contributed by atoms with Crippen molar-refractivity contribution >= 4 is 23.2 Å². The molecule has 0 aliphatic heterocycles. The molecule has 0 aromatic heterocycles. The molecule has 0 radical (unpaired) electrons. The minimum atomic E-state index is -0.315. The van der Waals surface area contributed by atoms with Crippen molar-refractivity contribution in [2.24, 2.45) is 0 Å². The van der Waals surface area contributed by atoms with E-state index in [4.69, 9.17) is 11.6 Å². The molecular weight excluding hydrogens is 308 g/mol. The van der Waals surface area contributed by atoms with Gasteiger partial charge in [0, 0.05) is 10.7 Å². The van der Waals surface area contributed by atoms with Gasteiger partial charge in [-0.3, -0.25) is 9.69 Å². The van der Waals surface area contributed by atoms with Gasteiger partial charge in [-0.1, -0.05) is 61.8 Å². The van der Waals surface area contributed by atoms with Crippen molar-refractivity contribution < 1.29 is 4.79 Å². The van der Waals surface area contributed by atoms with Gasteiger partial charge < -0.3 is 5.32 Å². The van der Waals surface area contributed by atoms with E-state index in [2.05, 4.69) is 24.1 Å². The van der Waals surface area contributed by atoms with E-state index in [9.17, 15) is 4.79 Å². The van der Waals surface area contributed by atoms with Crippen LogP contribution in [-0.4, -0.2) is 23.9 Å². The van der Waals surface area contributed by atoms with Gasteiger partial charge in [-0.05, 0) is 43.3 Å². The SMILES string of the molecule is CCN(CC)C(C(=O)Nc1cccc(Cl)c1C)c1ccccc1. The van der Waals surface area contributed by atoms with Crippen molar-refractivity contribution in [1.29, 1.82) is 0 Å². The van der Waals surface area contributed by atoms with Crippen LogP contribution >= 0.6 is 11.6 Å². The molecule has 0 heterocycles. The second kappa shape index (κ2) is 8.14. The second-order valence-corrected chi connectivity index (χ2v) is 5.84. The lowest BCUT2D eigenvalue weighted by Crippen LogP contribution is -2.37. The minimum Gasteiger partial charge on any atom is -0.324 e. The van der Waals surface area contributed by atoms with Crippen molar-refractivity contribution in [3.05, 3.63) is 64.7 Å². The van der Waals surface area contributed by atoms with Gasteiger partial charge in [-0.15, -0.1) is 0 Å². The van der Waals surface area contributed by atoms with Gasteiger partial charge in [0.1, 0.15) is 6.04 Å². The Morgan fingerprint density at radius 1 is 1.09 bits per heavy atom. The third-order valence-corrected chi connectivity index (χ3v) is 4.48. The van der Waals surface area contributed by atoms with E-state index in [1.165, 1.54) is 0 Å². The molecule has 1 amide bonds. The van der Waals surface area contributed by atoms with Gasteiger partial charge in [0.2, 0.25) is 5.91 Å². The van der Waals surface area contributed by atoms with E-state index in [-0.39, 0.29) is 11.9 Å². The highest BCUT2D eigenvalue weighted by Gasteiger charge is 2.26. The van der Waals surface area contributed by atoms with Gasteiger partial charge in [0.25, 0.3) is 0 Å². The lowest BCUT2D eigenvalue weighted by atomic mass is 10.0. The van der Waals surface area contributed by atoms with E-state index < -0.39 is 0 Å². The first kappa shape index (κ1) is 17.5. The summed E-state index contributed by atoms with van der Waals surface area (Å²) in [6.45, 7) is 7.65. The Balaban J connectivity index is 2.32. The number of anilines is 1. The molecule has 1 unspecified atom stereocenters. The number of rotatable bonds is 6. The maximum Gasteiger partial charge on any atom is 0.246 e. The summed E-state index contributed by atoms with van der Waals surface area (Å²) >= 11 is 6.15. The summed E-state index contributed by atoms with van der Waals surface area (Å²) in [5.41, 5.74) is 2.64. The first-order chi connectivity index (χ1) is 11.1. The lowest BCUT2D eigenvalue weighted by molar-refractivity contribution is -0.121. The number of amides is 1. The average molecular weight is 331 g/mol. The maximum atomic E-state index is 12.9. The zero-order valence-electron chi connectivity index (χ0n) is 13.8. The van der Waals surface area contributed by atoms with Crippen LogP contribution in [0, 0.1) is 6.92 Å². The first-order valence-corrected chi connectivity index (χ1v) is 8.31. The molecule has 2 aromatic carbocycles. The van der Waals surface area contributed by atoms with Crippen LogP contribution in [0.15, 0.2) is 48.5 Å². The fourth-order valence-electron chi connectivity index (χ4n) is 2.70. The number of carbonyl (C=O) groups is 1. The predicted molar refractivity (Wildman–Crippen MR) is 96.9 cm³/mol. The fourth-order valence-corrected chi connectivity index (χ4v) is 2.87. The zero-order chi connectivity index (χ0) is 16.8. The number of likely N-dealkylation sites (N-methyl/N-ethyl adjacent to an activating group) is 1. The van der Waals surface area contributed by atoms with Crippen LogP contribution in [0.5, 0.6) is 0 Å². The molecule has 0 aliphatic rings. The number of nitrogens with zero attached hydrogens (tertiary/aromatic N) is 1. The number of benzene rings is 2. The molecule has 23 heavy (non-hydrogen) atoms. The molecule has 0 spiro atoms. The molecule has 0 saturated heterocycles. The van der Waals surface area contributed by atoms with E-state index in [1.54, 1.807) is 0 Å². The third-order valence-electron chi connectivity index (χ3n) is 4.07.